The molecular formula is C16H19Cl2N3O3. The summed E-state index contributed by atoms with van der Waals surface area (Å²) in [5, 5.41) is 34.3. The molecule has 1 aromatic carbocycles. The van der Waals surface area contributed by atoms with Gasteiger partial charge in [-0.3, -0.25) is 0 Å². The Morgan fingerprint density at radius 3 is 2.50 bits per heavy atom. The molecule has 0 amide bonds. The summed E-state index contributed by atoms with van der Waals surface area (Å²) in [6.45, 7) is -0.167. The third-order valence-corrected chi connectivity index (χ3v) is 5.70. The standard InChI is InChI=1S/C16H19Cl2N3O3/c17-9-4-11-12(5-10(9)18)21(16(20-11)19-8-1-2-8)13-3-7(6-22)14(23)15(13)24/h4-5,7-8,13-15,22-24H,1-3,6H2,(H,19,20). The molecule has 130 valence electrons. The van der Waals surface area contributed by atoms with Gasteiger partial charge in [-0.1, -0.05) is 23.2 Å². The van der Waals surface area contributed by atoms with E-state index in [0.29, 0.717) is 34.0 Å². The number of imidazole rings is 1. The van der Waals surface area contributed by atoms with Gasteiger partial charge in [0.05, 0.1) is 33.2 Å². The second-order valence-corrected chi connectivity index (χ2v) is 7.52. The Bertz CT molecular complexity index is 778. The number of benzene rings is 1. The van der Waals surface area contributed by atoms with Crippen LogP contribution in [0, 0.1) is 5.92 Å². The highest BCUT2D eigenvalue weighted by Crippen LogP contribution is 2.41. The number of aliphatic hydroxyl groups is 3. The second-order valence-electron chi connectivity index (χ2n) is 6.71. The Kier molecular flexibility index (Phi) is 4.13. The van der Waals surface area contributed by atoms with Crippen molar-refractivity contribution in [1.82, 2.24) is 9.55 Å². The fourth-order valence-electron chi connectivity index (χ4n) is 3.47. The lowest BCUT2D eigenvalue weighted by atomic mass is 10.1. The molecule has 2 aliphatic carbocycles. The summed E-state index contributed by atoms with van der Waals surface area (Å²) < 4.78 is 1.89. The fraction of sp³-hybridized carbons (Fsp3) is 0.562. The van der Waals surface area contributed by atoms with E-state index in [9.17, 15) is 15.3 Å². The molecule has 0 spiro atoms. The fourth-order valence-corrected chi connectivity index (χ4v) is 3.79. The smallest absolute Gasteiger partial charge is 0.204 e. The SMILES string of the molecule is OCC1CC(n2c(NC3CC3)nc3cc(Cl)c(Cl)cc32)C(O)C1O. The zero-order valence-electron chi connectivity index (χ0n) is 12.9. The van der Waals surface area contributed by atoms with E-state index in [1.165, 1.54) is 0 Å². The largest absolute Gasteiger partial charge is 0.396 e. The number of hydrogen-bond acceptors (Lipinski definition) is 5. The number of anilines is 1. The van der Waals surface area contributed by atoms with Crippen LogP contribution in [0.15, 0.2) is 12.1 Å². The van der Waals surface area contributed by atoms with Gasteiger partial charge < -0.3 is 25.2 Å². The molecule has 2 saturated carbocycles. The van der Waals surface area contributed by atoms with Gasteiger partial charge in [-0.15, -0.1) is 0 Å². The Balaban J connectivity index is 1.83. The van der Waals surface area contributed by atoms with Crippen molar-refractivity contribution in [2.24, 2.45) is 5.92 Å². The van der Waals surface area contributed by atoms with E-state index in [2.05, 4.69) is 10.3 Å². The average Bonchev–Trinajstić information content (AvgIpc) is 3.25. The molecule has 0 radical (unpaired) electrons. The maximum Gasteiger partial charge on any atom is 0.204 e. The number of rotatable bonds is 4. The van der Waals surface area contributed by atoms with E-state index in [1.54, 1.807) is 12.1 Å². The Labute approximate surface area is 149 Å². The molecule has 8 heteroatoms. The lowest BCUT2D eigenvalue weighted by Crippen LogP contribution is -2.30. The number of nitrogens with zero attached hydrogens (tertiary/aromatic N) is 2. The molecule has 2 fully saturated rings. The second kappa shape index (κ2) is 6.04. The molecule has 4 atom stereocenters. The molecule has 0 aliphatic heterocycles. The maximum absolute atomic E-state index is 10.5. The zero-order chi connectivity index (χ0) is 17.0. The van der Waals surface area contributed by atoms with Gasteiger partial charge in [0.25, 0.3) is 0 Å². The van der Waals surface area contributed by atoms with Crippen LogP contribution in [0.2, 0.25) is 10.0 Å². The number of hydrogen-bond donors (Lipinski definition) is 4. The summed E-state index contributed by atoms with van der Waals surface area (Å²) in [5.41, 5.74) is 1.43. The van der Waals surface area contributed by atoms with Crippen molar-refractivity contribution in [3.8, 4) is 0 Å². The highest BCUT2D eigenvalue weighted by atomic mass is 35.5. The van der Waals surface area contributed by atoms with E-state index in [0.717, 1.165) is 18.4 Å². The van der Waals surface area contributed by atoms with E-state index in [4.69, 9.17) is 23.2 Å². The number of fused-ring (bicyclic) bond motifs is 1. The van der Waals surface area contributed by atoms with Gasteiger partial charge in [0.2, 0.25) is 5.95 Å². The first kappa shape index (κ1) is 16.4. The van der Waals surface area contributed by atoms with Crippen molar-refractivity contribution in [2.45, 2.75) is 43.6 Å². The van der Waals surface area contributed by atoms with Crippen LogP contribution in [-0.2, 0) is 0 Å². The number of nitrogens with one attached hydrogen (secondary N) is 1. The average molecular weight is 372 g/mol. The van der Waals surface area contributed by atoms with Gasteiger partial charge in [-0.2, -0.15) is 0 Å². The first-order valence-electron chi connectivity index (χ1n) is 8.10. The van der Waals surface area contributed by atoms with Crippen LogP contribution in [0.5, 0.6) is 0 Å². The maximum atomic E-state index is 10.5. The Morgan fingerprint density at radius 1 is 1.17 bits per heavy atom. The van der Waals surface area contributed by atoms with Gasteiger partial charge in [0.1, 0.15) is 6.10 Å². The molecule has 6 nitrogen and oxygen atoms in total. The molecule has 2 aromatic rings. The first-order valence-corrected chi connectivity index (χ1v) is 8.85. The minimum absolute atomic E-state index is 0.167. The zero-order valence-corrected chi connectivity index (χ0v) is 14.4. The summed E-state index contributed by atoms with van der Waals surface area (Å²) >= 11 is 12.3. The molecule has 0 saturated heterocycles. The van der Waals surface area contributed by atoms with Crippen LogP contribution in [0.4, 0.5) is 5.95 Å². The predicted octanol–water partition coefficient (Wildman–Crippen LogP) is 2.19. The van der Waals surface area contributed by atoms with Crippen LogP contribution in [0.1, 0.15) is 25.3 Å². The summed E-state index contributed by atoms with van der Waals surface area (Å²) in [6, 6.07) is 3.43. The molecule has 24 heavy (non-hydrogen) atoms. The molecule has 1 heterocycles. The molecule has 4 rings (SSSR count). The molecule has 2 aliphatic rings. The van der Waals surface area contributed by atoms with E-state index in [1.807, 2.05) is 4.57 Å². The number of aromatic nitrogens is 2. The third-order valence-electron chi connectivity index (χ3n) is 4.98. The predicted molar refractivity (Wildman–Crippen MR) is 92.6 cm³/mol. The minimum atomic E-state index is -0.978. The molecule has 4 unspecified atom stereocenters. The quantitative estimate of drug-likeness (QED) is 0.661. The van der Waals surface area contributed by atoms with Crippen molar-refractivity contribution in [2.75, 3.05) is 11.9 Å². The van der Waals surface area contributed by atoms with E-state index in [-0.39, 0.29) is 18.6 Å². The van der Waals surface area contributed by atoms with Crippen LogP contribution in [-0.4, -0.2) is 49.7 Å². The number of aliphatic hydroxyl groups excluding tert-OH is 3. The van der Waals surface area contributed by atoms with Gasteiger partial charge in [-0.05, 0) is 31.4 Å². The number of halogens is 2. The van der Waals surface area contributed by atoms with Crippen LogP contribution < -0.4 is 5.32 Å². The topological polar surface area (TPSA) is 90.5 Å². The van der Waals surface area contributed by atoms with Gasteiger partial charge in [0.15, 0.2) is 0 Å². The Hall–Kier alpha value is -1.05. The summed E-state index contributed by atoms with van der Waals surface area (Å²) in [5.74, 6) is 0.277. The normalized spacial score (nSPS) is 30.2. The van der Waals surface area contributed by atoms with Crippen LogP contribution in [0.3, 0.4) is 0 Å². The molecule has 1 aromatic heterocycles. The van der Waals surface area contributed by atoms with Crippen LogP contribution >= 0.6 is 23.2 Å². The van der Waals surface area contributed by atoms with Crippen molar-refractivity contribution in [3.63, 3.8) is 0 Å². The van der Waals surface area contributed by atoms with Crippen molar-refractivity contribution >= 4 is 40.2 Å². The first-order chi connectivity index (χ1) is 11.5. The van der Waals surface area contributed by atoms with Gasteiger partial charge in [-0.25, -0.2) is 4.98 Å². The summed E-state index contributed by atoms with van der Waals surface area (Å²) in [7, 11) is 0. The van der Waals surface area contributed by atoms with E-state index >= 15 is 0 Å². The molecule has 0 bridgehead atoms. The summed E-state index contributed by atoms with van der Waals surface area (Å²) in [6.07, 6.45) is 0.687. The van der Waals surface area contributed by atoms with Gasteiger partial charge >= 0.3 is 0 Å². The third kappa shape index (κ3) is 2.66. The monoisotopic (exact) mass is 371 g/mol. The Morgan fingerprint density at radius 2 is 1.88 bits per heavy atom. The lowest BCUT2D eigenvalue weighted by molar-refractivity contribution is -0.00345. The molecular weight excluding hydrogens is 353 g/mol. The van der Waals surface area contributed by atoms with Gasteiger partial charge in [0, 0.05) is 18.6 Å². The van der Waals surface area contributed by atoms with Crippen molar-refractivity contribution in [3.05, 3.63) is 22.2 Å². The van der Waals surface area contributed by atoms with Crippen molar-refractivity contribution in [1.29, 1.82) is 0 Å². The highest BCUT2D eigenvalue weighted by molar-refractivity contribution is 6.42. The summed E-state index contributed by atoms with van der Waals surface area (Å²) in [4.78, 5) is 4.60. The highest BCUT2D eigenvalue weighted by Gasteiger charge is 2.43. The van der Waals surface area contributed by atoms with Crippen molar-refractivity contribution < 1.29 is 15.3 Å². The van der Waals surface area contributed by atoms with E-state index < -0.39 is 12.2 Å². The minimum Gasteiger partial charge on any atom is -0.396 e. The van der Waals surface area contributed by atoms with Crippen LogP contribution in [0.25, 0.3) is 11.0 Å². The lowest BCUT2D eigenvalue weighted by Gasteiger charge is -2.21. The molecule has 4 N–H and O–H groups in total.